The first-order chi connectivity index (χ1) is 24.1. The molecule has 0 spiro atoms. The molecule has 0 saturated carbocycles. The summed E-state index contributed by atoms with van der Waals surface area (Å²) in [4.78, 5) is 29.7. The van der Waals surface area contributed by atoms with Crippen molar-refractivity contribution in [2.45, 2.75) is 219 Å². The Hall–Kier alpha value is -1.97. The fourth-order valence-electron chi connectivity index (χ4n) is 5.05. The number of rotatable bonds is 33. The van der Waals surface area contributed by atoms with Crippen LogP contribution in [0.15, 0.2) is 12.2 Å². The number of hydrogen-bond acceptors (Lipinski definition) is 6. The molecule has 9 heteroatoms. The lowest BCUT2D eigenvalue weighted by molar-refractivity contribution is -0.138. The van der Waals surface area contributed by atoms with Gasteiger partial charge < -0.3 is 30.6 Å². The molecule has 300 valence electrons. The fourth-order valence-corrected chi connectivity index (χ4v) is 5.05. The maximum atomic E-state index is 10.3. The zero-order valence-corrected chi connectivity index (χ0v) is 32.8. The number of carboxylic acids is 3. The number of carbonyl (C=O) groups is 3. The predicted molar refractivity (Wildman–Crippen MR) is 208 cm³/mol. The first-order valence-electron chi connectivity index (χ1n) is 20.3. The highest BCUT2D eigenvalue weighted by Crippen LogP contribution is 2.14. The number of carboxylic acid groups (broad SMARTS) is 3. The molecule has 0 fully saturated rings. The lowest BCUT2D eigenvalue weighted by Gasteiger charge is -2.03. The Labute approximate surface area is 307 Å². The second-order valence-corrected chi connectivity index (χ2v) is 13.4. The molecule has 0 amide bonds. The van der Waals surface area contributed by atoms with E-state index in [1.807, 2.05) is 0 Å². The number of allylic oxidation sites excluding steroid dienone is 2. The number of hydrogen-bond donors (Lipinski definition) is 6. The highest BCUT2D eigenvalue weighted by molar-refractivity contribution is 5.66. The van der Waals surface area contributed by atoms with Crippen LogP contribution in [0, 0.1) is 0 Å². The molecule has 0 rings (SSSR count). The van der Waals surface area contributed by atoms with Crippen LogP contribution in [0.2, 0.25) is 0 Å². The van der Waals surface area contributed by atoms with Gasteiger partial charge in [-0.1, -0.05) is 167 Å². The minimum Gasteiger partial charge on any atom is -0.481 e. The zero-order chi connectivity index (χ0) is 38.4. The number of aliphatic hydroxyl groups is 3. The summed E-state index contributed by atoms with van der Waals surface area (Å²) in [6.07, 6.45) is 40.5. The van der Waals surface area contributed by atoms with Crippen molar-refractivity contribution in [2.75, 3.05) is 13.2 Å². The third-order valence-corrected chi connectivity index (χ3v) is 8.07. The van der Waals surface area contributed by atoms with E-state index in [1.54, 1.807) is 0 Å². The average Bonchev–Trinajstić information content (AvgIpc) is 3.08. The van der Waals surface area contributed by atoms with Crippen molar-refractivity contribution in [3.05, 3.63) is 12.2 Å². The summed E-state index contributed by atoms with van der Waals surface area (Å²) in [5.41, 5.74) is 0. The van der Waals surface area contributed by atoms with Crippen LogP contribution in [0.25, 0.3) is 0 Å². The van der Waals surface area contributed by atoms with Gasteiger partial charge in [-0.3, -0.25) is 14.4 Å². The Bertz CT molecular complexity index is 690. The van der Waals surface area contributed by atoms with Gasteiger partial charge in [0.05, 0.1) is 13.2 Å². The van der Waals surface area contributed by atoms with Gasteiger partial charge >= 0.3 is 11.9 Å². The van der Waals surface area contributed by atoms with Crippen LogP contribution in [0.4, 0.5) is 0 Å². The van der Waals surface area contributed by atoms with Gasteiger partial charge in [0.25, 0.3) is 5.97 Å². The van der Waals surface area contributed by atoms with E-state index in [-0.39, 0.29) is 13.2 Å². The van der Waals surface area contributed by atoms with Gasteiger partial charge in [0.2, 0.25) is 0 Å². The molecule has 0 bridgehead atoms. The van der Waals surface area contributed by atoms with Gasteiger partial charge in [-0.2, -0.15) is 0 Å². The molecule has 50 heavy (non-hydrogen) atoms. The van der Waals surface area contributed by atoms with Crippen molar-refractivity contribution in [1.29, 1.82) is 0 Å². The van der Waals surface area contributed by atoms with Crippen molar-refractivity contribution in [3.63, 3.8) is 0 Å². The summed E-state index contributed by atoms with van der Waals surface area (Å²) in [5, 5.41) is 48.5. The topological polar surface area (TPSA) is 173 Å². The Balaban J connectivity index is -0.000000332. The highest BCUT2D eigenvalue weighted by atomic mass is 16.4. The first kappa shape index (κ1) is 54.8. The lowest BCUT2D eigenvalue weighted by Crippen LogP contribution is -2.15. The molecule has 0 atom stereocenters. The Morgan fingerprint density at radius 1 is 0.440 bits per heavy atom. The first-order valence-corrected chi connectivity index (χ1v) is 20.3. The molecule has 0 unspecified atom stereocenters. The van der Waals surface area contributed by atoms with Gasteiger partial charge in [0.15, 0.2) is 0 Å². The van der Waals surface area contributed by atoms with E-state index in [2.05, 4.69) is 26.0 Å². The average molecular weight is 719 g/mol. The van der Waals surface area contributed by atoms with E-state index < -0.39 is 24.0 Å². The van der Waals surface area contributed by atoms with Crippen LogP contribution >= 0.6 is 0 Å². The molecule has 0 aliphatic heterocycles. The van der Waals surface area contributed by atoms with Gasteiger partial charge in [0, 0.05) is 19.8 Å². The van der Waals surface area contributed by atoms with Gasteiger partial charge in [0.1, 0.15) is 6.10 Å². The van der Waals surface area contributed by atoms with E-state index in [1.165, 1.54) is 154 Å². The van der Waals surface area contributed by atoms with Crippen molar-refractivity contribution in [2.24, 2.45) is 0 Å². The van der Waals surface area contributed by atoms with E-state index in [9.17, 15) is 9.59 Å². The van der Waals surface area contributed by atoms with E-state index >= 15 is 0 Å². The molecule has 0 aliphatic carbocycles. The van der Waals surface area contributed by atoms with E-state index in [0.717, 1.165) is 32.6 Å². The number of aliphatic carboxylic acids is 3. The summed E-state index contributed by atoms with van der Waals surface area (Å²) in [5.74, 6) is -2.15. The largest absolute Gasteiger partial charge is 0.481 e. The van der Waals surface area contributed by atoms with Crippen molar-refractivity contribution < 1.29 is 45.0 Å². The Morgan fingerprint density at radius 2 is 0.660 bits per heavy atom. The highest BCUT2D eigenvalue weighted by Gasteiger charge is 1.98. The number of aliphatic hydroxyl groups excluding tert-OH is 3. The monoisotopic (exact) mass is 719 g/mol. The van der Waals surface area contributed by atoms with Gasteiger partial charge in [-0.15, -0.1) is 0 Å². The van der Waals surface area contributed by atoms with Crippen molar-refractivity contribution >= 4 is 17.9 Å². The second-order valence-electron chi connectivity index (χ2n) is 13.4. The fraction of sp³-hybridized carbons (Fsp3) is 0.878. The molecular formula is C41H82O9. The smallest absolute Gasteiger partial charge is 0.303 e. The van der Waals surface area contributed by atoms with Crippen LogP contribution < -0.4 is 0 Å². The lowest BCUT2D eigenvalue weighted by atomic mass is 10.0. The van der Waals surface area contributed by atoms with Crippen LogP contribution in [0.1, 0.15) is 213 Å². The predicted octanol–water partition coefficient (Wildman–Crippen LogP) is 10.9. The van der Waals surface area contributed by atoms with Crippen LogP contribution in [0.3, 0.4) is 0 Å². The molecule has 9 nitrogen and oxygen atoms in total. The maximum Gasteiger partial charge on any atom is 0.303 e. The van der Waals surface area contributed by atoms with Gasteiger partial charge in [-0.25, -0.2) is 0 Å². The third-order valence-electron chi connectivity index (χ3n) is 8.07. The summed E-state index contributed by atoms with van der Waals surface area (Å²) in [6, 6.07) is 0. The van der Waals surface area contributed by atoms with Crippen LogP contribution in [0.5, 0.6) is 0 Å². The molecule has 0 aromatic carbocycles. The molecule has 0 aromatic heterocycles. The zero-order valence-electron chi connectivity index (χ0n) is 32.8. The molecule has 0 saturated heterocycles. The van der Waals surface area contributed by atoms with Crippen molar-refractivity contribution in [1.82, 2.24) is 0 Å². The molecule has 0 heterocycles. The molecule has 0 aromatic rings. The normalized spacial score (nSPS) is 10.5. The van der Waals surface area contributed by atoms with E-state index in [0.29, 0.717) is 12.8 Å². The molecule has 6 N–H and O–H groups in total. The summed E-state index contributed by atoms with van der Waals surface area (Å²) in [7, 11) is 0. The van der Waals surface area contributed by atoms with Crippen molar-refractivity contribution in [3.8, 4) is 0 Å². The number of unbranched alkanes of at least 4 members (excludes halogenated alkanes) is 25. The molecular weight excluding hydrogens is 636 g/mol. The quantitative estimate of drug-likeness (QED) is 0.0285. The summed E-state index contributed by atoms with van der Waals surface area (Å²) in [6.45, 7) is 4.88. The SMILES string of the molecule is CC(=O)O.CCCCCCCCC=CCCCCCCCC(=O)O.CCCCCCCCCCCCCCCCCC(=O)O.OCC(O)CO. The molecule has 0 aliphatic rings. The van der Waals surface area contributed by atoms with Crippen LogP contribution in [-0.2, 0) is 14.4 Å². The Morgan fingerprint density at radius 3 is 0.860 bits per heavy atom. The summed E-state index contributed by atoms with van der Waals surface area (Å²) < 4.78 is 0. The minimum absolute atomic E-state index is 0.332. The minimum atomic E-state index is -0.954. The van der Waals surface area contributed by atoms with Gasteiger partial charge in [-0.05, 0) is 38.5 Å². The second kappa shape index (κ2) is 51.4. The van der Waals surface area contributed by atoms with E-state index in [4.69, 9.17) is 35.4 Å². The standard InChI is InChI=1S/C18H36O2.C18H34O2.C3H8O3.C2H4O2/c2*1-2-3-4-5-6-7-8-9-10-11-12-13-14-15-16-17-18(19)20;4-1-3(6)2-5;1-2(3)4/h2-17H2,1H3,(H,19,20);9-10H,2-8,11-17H2,1H3,(H,19,20);3-6H,1-2H2;1H3,(H,3,4). The molecule has 0 radical (unpaired) electrons. The maximum absolute atomic E-state index is 10.3. The van der Waals surface area contributed by atoms with Crippen LogP contribution in [-0.4, -0.2) is 67.9 Å². The Kier molecular flexibility index (Phi) is 56.3. The third kappa shape index (κ3) is 71.9. The summed E-state index contributed by atoms with van der Waals surface area (Å²) >= 11 is 0.